The van der Waals surface area contributed by atoms with Gasteiger partial charge in [-0.05, 0) is 33.6 Å². The van der Waals surface area contributed by atoms with Crippen molar-refractivity contribution in [2.75, 3.05) is 5.75 Å². The van der Waals surface area contributed by atoms with Crippen molar-refractivity contribution < 1.29 is 14.6 Å². The van der Waals surface area contributed by atoms with E-state index in [2.05, 4.69) is 37.2 Å². The van der Waals surface area contributed by atoms with Gasteiger partial charge in [0, 0.05) is 15.8 Å². The molecule has 0 aliphatic carbocycles. The Labute approximate surface area is 161 Å². The summed E-state index contributed by atoms with van der Waals surface area (Å²) in [6.45, 7) is 0.452. The molecule has 0 saturated carbocycles. The summed E-state index contributed by atoms with van der Waals surface area (Å²) in [5.41, 5.74) is 2.01. The van der Waals surface area contributed by atoms with Crippen LogP contribution in [-0.4, -0.2) is 22.9 Å². The Bertz CT molecular complexity index is 742. The van der Waals surface area contributed by atoms with Crippen molar-refractivity contribution >= 4 is 49.6 Å². The first kappa shape index (κ1) is 17.8. The lowest BCUT2D eigenvalue weighted by Gasteiger charge is -2.19. The smallest absolute Gasteiger partial charge is 0.321 e. The van der Waals surface area contributed by atoms with Crippen LogP contribution in [0.25, 0.3) is 0 Å². The van der Waals surface area contributed by atoms with E-state index in [0.717, 1.165) is 25.8 Å². The van der Waals surface area contributed by atoms with Crippen molar-refractivity contribution in [1.29, 1.82) is 0 Å². The van der Waals surface area contributed by atoms with E-state index < -0.39 is 12.0 Å². The summed E-state index contributed by atoms with van der Waals surface area (Å²) in [4.78, 5) is 11.2. The third kappa shape index (κ3) is 4.14. The van der Waals surface area contributed by atoms with E-state index in [4.69, 9.17) is 4.74 Å². The number of carbonyl (C=O) groups is 1. The minimum Gasteiger partial charge on any atom is -0.487 e. The van der Waals surface area contributed by atoms with Crippen molar-refractivity contribution in [3.05, 3.63) is 62.5 Å². The average molecular weight is 473 g/mol. The van der Waals surface area contributed by atoms with E-state index in [0.29, 0.717) is 12.4 Å². The van der Waals surface area contributed by atoms with Crippen LogP contribution in [0.5, 0.6) is 5.75 Å². The maximum absolute atomic E-state index is 11.2. The number of hydrogen-bond acceptors (Lipinski definition) is 4. The number of thioether (sulfide) groups is 1. The Kier molecular flexibility index (Phi) is 5.86. The van der Waals surface area contributed by atoms with Gasteiger partial charge >= 0.3 is 5.97 Å². The normalized spacial score (nSPS) is 20.1. The summed E-state index contributed by atoms with van der Waals surface area (Å²) >= 11 is 8.62. The highest BCUT2D eigenvalue weighted by molar-refractivity contribution is 9.11. The molecule has 1 saturated heterocycles. The number of rotatable bonds is 5. The summed E-state index contributed by atoms with van der Waals surface area (Å²) in [7, 11) is 0. The maximum atomic E-state index is 11.2. The first-order valence-electron chi connectivity index (χ1n) is 7.30. The average Bonchev–Trinajstić information content (AvgIpc) is 3.04. The zero-order valence-electron chi connectivity index (χ0n) is 12.5. The Balaban J connectivity index is 1.84. The van der Waals surface area contributed by atoms with E-state index in [-0.39, 0.29) is 5.37 Å². The lowest BCUT2D eigenvalue weighted by atomic mass is 10.2. The van der Waals surface area contributed by atoms with E-state index in [1.54, 1.807) is 11.8 Å². The predicted molar refractivity (Wildman–Crippen MR) is 102 cm³/mol. The second kappa shape index (κ2) is 7.91. The number of benzene rings is 2. The van der Waals surface area contributed by atoms with Gasteiger partial charge in [-0.3, -0.25) is 10.1 Å². The summed E-state index contributed by atoms with van der Waals surface area (Å²) in [5.74, 6) is 0.436. The predicted octanol–water partition coefficient (Wildman–Crippen LogP) is 4.58. The molecule has 0 radical (unpaired) electrons. The molecule has 7 heteroatoms. The van der Waals surface area contributed by atoms with E-state index in [1.807, 2.05) is 42.5 Å². The largest absolute Gasteiger partial charge is 0.487 e. The molecule has 24 heavy (non-hydrogen) atoms. The first-order chi connectivity index (χ1) is 11.5. The Hall–Kier alpha value is -1.02. The van der Waals surface area contributed by atoms with Gasteiger partial charge in [-0.15, -0.1) is 11.8 Å². The minimum absolute atomic E-state index is 0.120. The molecule has 1 fully saturated rings. The zero-order valence-corrected chi connectivity index (χ0v) is 16.5. The maximum Gasteiger partial charge on any atom is 0.321 e. The fourth-order valence-electron chi connectivity index (χ4n) is 2.45. The number of carboxylic acids is 1. The molecule has 2 N–H and O–H groups in total. The summed E-state index contributed by atoms with van der Waals surface area (Å²) in [5, 5.41) is 12.2. The van der Waals surface area contributed by atoms with E-state index >= 15 is 0 Å². The van der Waals surface area contributed by atoms with E-state index in [1.165, 1.54) is 0 Å². The van der Waals surface area contributed by atoms with Gasteiger partial charge in [0.15, 0.2) is 0 Å². The summed E-state index contributed by atoms with van der Waals surface area (Å²) in [6.07, 6.45) is 0. The van der Waals surface area contributed by atoms with Crippen LogP contribution in [0, 0.1) is 0 Å². The second-order valence-electron chi connectivity index (χ2n) is 5.35. The van der Waals surface area contributed by atoms with Crippen LogP contribution in [0.4, 0.5) is 0 Å². The summed E-state index contributed by atoms with van der Waals surface area (Å²) in [6, 6.07) is 13.3. The van der Waals surface area contributed by atoms with E-state index in [9.17, 15) is 9.90 Å². The van der Waals surface area contributed by atoms with Gasteiger partial charge in [0.05, 0.1) is 9.85 Å². The number of hydrogen-bond donors (Lipinski definition) is 2. The molecule has 2 aromatic carbocycles. The molecule has 126 valence electrons. The van der Waals surface area contributed by atoms with Crippen LogP contribution in [-0.2, 0) is 11.4 Å². The molecule has 0 spiro atoms. The van der Waals surface area contributed by atoms with Gasteiger partial charge in [-0.25, -0.2) is 0 Å². The molecular weight excluding hydrogens is 458 g/mol. The first-order valence-corrected chi connectivity index (χ1v) is 9.94. The lowest BCUT2D eigenvalue weighted by Crippen LogP contribution is -2.33. The highest BCUT2D eigenvalue weighted by Crippen LogP contribution is 2.43. The molecule has 0 amide bonds. The number of halogens is 2. The molecule has 4 nitrogen and oxygen atoms in total. The second-order valence-corrected chi connectivity index (χ2v) is 8.26. The third-order valence-electron chi connectivity index (χ3n) is 3.63. The Morgan fingerprint density at radius 1 is 1.29 bits per heavy atom. The fourth-order valence-corrected chi connectivity index (χ4v) is 5.06. The molecule has 2 aromatic rings. The van der Waals surface area contributed by atoms with Gasteiger partial charge in [0.2, 0.25) is 0 Å². The van der Waals surface area contributed by atoms with Crippen molar-refractivity contribution in [2.24, 2.45) is 0 Å². The topological polar surface area (TPSA) is 58.6 Å². The third-order valence-corrected chi connectivity index (χ3v) is 5.92. The van der Waals surface area contributed by atoms with Crippen LogP contribution in [0.1, 0.15) is 16.5 Å². The van der Waals surface area contributed by atoms with Gasteiger partial charge in [0.1, 0.15) is 18.4 Å². The molecule has 0 unspecified atom stereocenters. The molecule has 0 aromatic heterocycles. The number of ether oxygens (including phenoxy) is 1. The molecule has 3 rings (SSSR count). The summed E-state index contributed by atoms with van der Waals surface area (Å²) < 4.78 is 7.80. The molecule has 1 aliphatic rings. The molecule has 1 aliphatic heterocycles. The van der Waals surface area contributed by atoms with Gasteiger partial charge in [0.25, 0.3) is 0 Å². The Morgan fingerprint density at radius 3 is 2.71 bits per heavy atom. The van der Waals surface area contributed by atoms with Crippen LogP contribution in [0.15, 0.2) is 51.4 Å². The monoisotopic (exact) mass is 471 g/mol. The lowest BCUT2D eigenvalue weighted by molar-refractivity contribution is -0.138. The molecule has 1 heterocycles. The highest BCUT2D eigenvalue weighted by Gasteiger charge is 2.32. The van der Waals surface area contributed by atoms with Crippen LogP contribution in [0.2, 0.25) is 0 Å². The van der Waals surface area contributed by atoms with Crippen molar-refractivity contribution in [2.45, 2.75) is 18.0 Å². The molecule has 2 atom stereocenters. The number of carboxylic acid groups (broad SMARTS) is 1. The fraction of sp³-hybridized carbons (Fsp3) is 0.235. The Morgan fingerprint density at radius 2 is 2.04 bits per heavy atom. The number of aliphatic carboxylic acids is 1. The van der Waals surface area contributed by atoms with Crippen LogP contribution in [0.3, 0.4) is 0 Å². The van der Waals surface area contributed by atoms with Gasteiger partial charge in [-0.1, -0.05) is 46.3 Å². The van der Waals surface area contributed by atoms with Gasteiger partial charge < -0.3 is 9.84 Å². The van der Waals surface area contributed by atoms with Crippen molar-refractivity contribution in [1.82, 2.24) is 5.32 Å². The minimum atomic E-state index is -0.828. The quantitative estimate of drug-likeness (QED) is 0.666. The molecule has 0 bridgehead atoms. The van der Waals surface area contributed by atoms with Crippen molar-refractivity contribution in [3.63, 3.8) is 0 Å². The van der Waals surface area contributed by atoms with Crippen LogP contribution >= 0.6 is 43.6 Å². The highest BCUT2D eigenvalue weighted by atomic mass is 79.9. The standard InChI is InChI=1S/C17H15Br2NO3S/c18-11-6-12(16-20-14(9-24-16)17(21)22)15(13(19)7-11)23-8-10-4-2-1-3-5-10/h1-7,14,16,20H,8-9H2,(H,21,22)/t14-,16-/m0/s1. The zero-order chi connectivity index (χ0) is 17.1. The van der Waals surface area contributed by atoms with Gasteiger partial charge in [-0.2, -0.15) is 0 Å². The number of nitrogens with one attached hydrogen (secondary N) is 1. The molecular formula is C17H15Br2NO3S. The SMILES string of the molecule is O=C(O)[C@@H]1CS[C@@H](c2cc(Br)cc(Br)c2OCc2ccccc2)N1. The van der Waals surface area contributed by atoms with Crippen molar-refractivity contribution in [3.8, 4) is 5.75 Å². The van der Waals surface area contributed by atoms with Crippen LogP contribution < -0.4 is 10.1 Å².